The topological polar surface area (TPSA) is 681 Å². The summed E-state index contributed by atoms with van der Waals surface area (Å²) in [6, 6.07) is 0.302. The van der Waals surface area contributed by atoms with Crippen LogP contribution in [0, 0.1) is 0 Å². The number of halogens is 1. The molecular formula is C68H162ClN5O38S2. The lowest BCUT2D eigenvalue weighted by Gasteiger charge is -2.38. The van der Waals surface area contributed by atoms with Gasteiger partial charge in [0.2, 0.25) is 11.8 Å². The van der Waals surface area contributed by atoms with Gasteiger partial charge in [-0.1, -0.05) is 0 Å². The number of nitrogens with zero attached hydrogens (tertiary/aromatic N) is 2. The first-order valence-electron chi connectivity index (χ1n) is 36.7. The van der Waals surface area contributed by atoms with Crippen molar-refractivity contribution in [3.8, 4) is 0 Å². The van der Waals surface area contributed by atoms with Gasteiger partial charge >= 0.3 is 0 Å². The highest BCUT2D eigenvalue weighted by atomic mass is 35.5. The zero-order valence-electron chi connectivity index (χ0n) is 70.8. The van der Waals surface area contributed by atoms with Gasteiger partial charge in [0, 0.05) is 75.6 Å². The number of quaternary nitrogens is 3. The molecule has 0 radical (unpaired) electrons. The molecule has 0 saturated heterocycles. The van der Waals surface area contributed by atoms with Crippen molar-refractivity contribution in [1.82, 2.24) is 5.32 Å². The molecular weight excluding hydrogens is 1590 g/mol. The second-order valence-corrected chi connectivity index (χ2v) is 26.5. The van der Waals surface area contributed by atoms with Crippen LogP contribution < -0.4 is 29.4 Å². The largest absolute Gasteiger partial charge is 1.00 e. The first-order valence-corrected chi connectivity index (χ1v) is 39.4. The number of amides is 2. The molecule has 114 heavy (non-hydrogen) atoms. The Bertz CT molecular complexity index is 1780. The van der Waals surface area contributed by atoms with E-state index in [9.17, 15) is 31.3 Å². The average molecular weight is 1760 g/mol. The predicted molar refractivity (Wildman–Crippen MR) is 418 cm³/mol. The van der Waals surface area contributed by atoms with E-state index in [0.29, 0.717) is 96.2 Å². The number of carbonyl (C=O) groups is 2. The smallest absolute Gasteiger partial charge is 0.219 e. The Morgan fingerprint density at radius 3 is 1.13 bits per heavy atom. The van der Waals surface area contributed by atoms with E-state index in [1.807, 2.05) is 0 Å². The summed E-state index contributed by atoms with van der Waals surface area (Å²) in [6.45, 7) is 15.7. The van der Waals surface area contributed by atoms with Gasteiger partial charge in [-0.3, -0.25) is 13.8 Å². The third-order valence-corrected chi connectivity index (χ3v) is 15.2. The number of aliphatic hydroxyl groups excluding tert-OH is 18. The molecule has 0 spiro atoms. The molecule has 0 heterocycles. The van der Waals surface area contributed by atoms with Gasteiger partial charge in [0.1, 0.15) is 28.1 Å². The Hall–Kier alpha value is -2.11. The quantitative estimate of drug-likeness (QED) is 0.00884. The van der Waals surface area contributed by atoms with Crippen LogP contribution in [0.5, 0.6) is 0 Å². The molecule has 2 amide bonds. The molecule has 24 N–H and O–H groups in total. The van der Waals surface area contributed by atoms with E-state index in [1.165, 1.54) is 6.92 Å². The minimum atomic E-state index is -4.35. The fourth-order valence-electron chi connectivity index (χ4n) is 7.64. The van der Waals surface area contributed by atoms with Gasteiger partial charge in [-0.15, -0.1) is 0 Å². The lowest BCUT2D eigenvalue weighted by atomic mass is 9.92. The predicted octanol–water partition coefficient (Wildman–Crippen LogP) is -11.8. The van der Waals surface area contributed by atoms with Crippen molar-refractivity contribution in [1.29, 1.82) is 0 Å². The molecule has 7 unspecified atom stereocenters. The summed E-state index contributed by atoms with van der Waals surface area (Å²) >= 11 is -2.17. The van der Waals surface area contributed by atoms with Crippen molar-refractivity contribution in [2.45, 2.75) is 126 Å². The lowest BCUT2D eigenvalue weighted by molar-refractivity contribution is -0.922. The summed E-state index contributed by atoms with van der Waals surface area (Å²) in [5.74, 6) is 2.59. The van der Waals surface area contributed by atoms with Crippen LogP contribution in [0.3, 0.4) is 0 Å². The summed E-state index contributed by atoms with van der Waals surface area (Å²) in [4.78, 5) is 24.5. The number of rotatable bonds is 47. The minimum absolute atomic E-state index is 0. The zero-order valence-corrected chi connectivity index (χ0v) is 73.2. The molecule has 46 heteroatoms. The van der Waals surface area contributed by atoms with Crippen LogP contribution in [0.25, 0.3) is 0 Å². The van der Waals surface area contributed by atoms with Crippen molar-refractivity contribution >= 4 is 33.0 Å². The van der Waals surface area contributed by atoms with E-state index in [1.54, 1.807) is 70.9 Å². The second-order valence-electron chi connectivity index (χ2n) is 23.6. The summed E-state index contributed by atoms with van der Waals surface area (Å²) in [5.41, 5.74) is 4.60. The van der Waals surface area contributed by atoms with Crippen molar-refractivity contribution < 1.29 is 212 Å². The molecule has 2 rings (SSSR count). The maximum atomic E-state index is 10.9. The third-order valence-electron chi connectivity index (χ3n) is 13.3. The monoisotopic (exact) mass is 1760 g/mol. The van der Waals surface area contributed by atoms with Crippen LogP contribution >= 0.6 is 0 Å². The summed E-state index contributed by atoms with van der Waals surface area (Å²) < 4.78 is 113. The number of methoxy groups -OCH3 is 7. The molecule has 2 fully saturated rings. The number of aliphatic hydroxyl groups is 18. The Labute approximate surface area is 688 Å². The summed E-state index contributed by atoms with van der Waals surface area (Å²) in [6.07, 6.45) is 4.87. The molecule has 0 aromatic heterocycles. The SMILES string of the molecule is CC(=O)NC1CCC(O)CC1.CC[N+](CC)(CC)CC(CO)S(=O)[O-].COCCO.COCCO.COCCO.COCCO.COCCO.COCCO.COCCOCC(O)CO.C[N+](C)(C)CC(COCCO)S(=O)(=O)[O-].NC(=O)CCO.OCCO.OCCOC1CCC(OCCO)C(OCCO)C1.[Cl-].[NH3+]OCCO. The summed E-state index contributed by atoms with van der Waals surface area (Å²) in [7, 11) is 11.9. The van der Waals surface area contributed by atoms with Crippen LogP contribution in [-0.2, 0) is 92.5 Å². The standard InChI is InChI=1S/C12H24O6.C9H21NO3S.C8H19NO5S.C8H15NO2.C6H14O4.C3H7NO2.6C3H8O2.C2H8NO2.C2H6O2.ClH/c13-3-6-16-10-1-2-11(17-7-4-14)12(9-10)18-8-5-15;1-4-10(5-2,6-3)7-9(8-11)14(12)13;1-9(2,3)6-8(15(11,12)13)7-14-5-4-10;1-6(10)9-7-2-4-8(11)5-3-7;1-9-2-3-10-5-6(8)4-7;4-3(6)1-2-5;6*1-5-3-2-4;3-5-2-1-4;3-1-2-4;/h10-15H,1-9H2;9,11H,4-8H2,1-3H3;8,10H,4-7H2,1-3H3;7-8,11H,2-5H2,1H3,(H,9,10);6-8H,2-5H2,1H3;5H,1-2H2,(H2,4,6);6*4H,2-3H2,1H3;4H,1-2H2,3H3;3-4H,1-2H2;1H/q;;;;;;;;;;;;+1;;/p-1. The number of carbonyl (C=O) groups excluding carboxylic acids is 2. The lowest BCUT2D eigenvalue weighted by Crippen LogP contribution is -3.00. The molecule has 706 valence electrons. The highest BCUT2D eigenvalue weighted by Crippen LogP contribution is 2.26. The van der Waals surface area contributed by atoms with Gasteiger partial charge in [0.05, 0.1) is 282 Å². The van der Waals surface area contributed by atoms with Crippen molar-refractivity contribution in [3.63, 3.8) is 0 Å². The van der Waals surface area contributed by atoms with Crippen LogP contribution in [0.4, 0.5) is 0 Å². The highest BCUT2D eigenvalue weighted by molar-refractivity contribution is 7.86. The van der Waals surface area contributed by atoms with Gasteiger partial charge in [-0.2, -0.15) is 0 Å². The van der Waals surface area contributed by atoms with Crippen LogP contribution in [0.15, 0.2) is 0 Å². The van der Waals surface area contributed by atoms with Gasteiger partial charge < -0.3 is 190 Å². The van der Waals surface area contributed by atoms with E-state index >= 15 is 0 Å². The maximum absolute atomic E-state index is 10.9. The fraction of sp³-hybridized carbons (Fsp3) is 0.971. The number of nitrogens with one attached hydrogen (secondary N) is 1. The van der Waals surface area contributed by atoms with E-state index in [-0.39, 0.29) is 188 Å². The number of primary amides is 1. The number of hydrogen-bond acceptors (Lipinski definition) is 38. The highest BCUT2D eigenvalue weighted by Gasteiger charge is 2.33. The molecule has 2 saturated carbocycles. The van der Waals surface area contributed by atoms with Crippen LogP contribution in [0.1, 0.15) is 79.1 Å². The van der Waals surface area contributed by atoms with E-state index in [4.69, 9.17) is 116 Å². The molecule has 0 aromatic rings. The van der Waals surface area contributed by atoms with Gasteiger partial charge in [0.25, 0.3) is 0 Å². The molecule has 0 bridgehead atoms. The zero-order chi connectivity index (χ0) is 89.9. The first-order chi connectivity index (χ1) is 53.6. The average Bonchev–Trinajstić information content (AvgIpc) is 0.879. The van der Waals surface area contributed by atoms with E-state index in [0.717, 1.165) is 62.6 Å². The molecule has 2 aliphatic rings. The molecule has 43 nitrogen and oxygen atoms in total. The maximum Gasteiger partial charge on any atom is 0.219 e. The third kappa shape index (κ3) is 133. The molecule has 2 aliphatic carbocycles. The van der Waals surface area contributed by atoms with E-state index in [2.05, 4.69) is 75.7 Å². The molecule has 0 aliphatic heterocycles. The summed E-state index contributed by atoms with van der Waals surface area (Å²) in [5, 5.41) is 150. The van der Waals surface area contributed by atoms with Crippen LogP contribution in [0.2, 0.25) is 0 Å². The number of hydrogen-bond donors (Lipinski definition) is 21. The first kappa shape index (κ1) is 141. The number of nitrogens with two attached hydrogens (primary N) is 1. The Balaban J connectivity index is -0.0000000902. The van der Waals surface area contributed by atoms with Crippen molar-refractivity contribution in [2.24, 2.45) is 5.73 Å². The minimum Gasteiger partial charge on any atom is -1.00 e. The normalized spacial score (nSPS) is 16.0. The van der Waals surface area contributed by atoms with Crippen molar-refractivity contribution in [3.05, 3.63) is 0 Å². The Kier molecular flexibility index (Phi) is 145. The Morgan fingerprint density at radius 1 is 0.509 bits per heavy atom. The van der Waals surface area contributed by atoms with E-state index < -0.39 is 43.7 Å². The Morgan fingerprint density at radius 2 is 0.877 bits per heavy atom. The van der Waals surface area contributed by atoms with Crippen LogP contribution in [-0.4, -0.2) is 490 Å². The number of ether oxygens (including phenoxy) is 12. The second kappa shape index (κ2) is 117. The van der Waals surface area contributed by atoms with Gasteiger partial charge in [-0.05, 0) is 70.4 Å². The van der Waals surface area contributed by atoms with Crippen molar-refractivity contribution in [2.75, 3.05) is 308 Å². The van der Waals surface area contributed by atoms with Gasteiger partial charge in [0.15, 0.2) is 0 Å². The fourth-order valence-corrected chi connectivity index (χ4v) is 9.09. The van der Waals surface area contributed by atoms with Gasteiger partial charge in [-0.25, -0.2) is 19.2 Å². The molecule has 0 aromatic carbocycles. The molecule has 7 atom stereocenters.